The van der Waals surface area contributed by atoms with E-state index in [4.69, 9.17) is 34.8 Å². The van der Waals surface area contributed by atoms with E-state index in [0.29, 0.717) is 0 Å². The maximum absolute atomic E-state index is 5.71. The first kappa shape index (κ1) is 11.4. The van der Waals surface area contributed by atoms with Crippen LogP contribution < -0.4 is 0 Å². The van der Waals surface area contributed by atoms with Gasteiger partial charge in [0.05, 0.1) is 0 Å². The molecule has 0 radical (unpaired) electrons. The molecule has 0 aliphatic rings. The van der Waals surface area contributed by atoms with Crippen molar-refractivity contribution >= 4 is 57.3 Å². The van der Waals surface area contributed by atoms with Gasteiger partial charge in [-0.2, -0.15) is 0 Å². The summed E-state index contributed by atoms with van der Waals surface area (Å²) in [4.78, 5) is 0.953. The molecule has 0 atom stereocenters. The number of alkyl halides is 3. The summed E-state index contributed by atoms with van der Waals surface area (Å²) >= 11 is 18.3. The van der Waals surface area contributed by atoms with Crippen molar-refractivity contribution in [2.24, 2.45) is 0 Å². The monoisotopic (exact) mass is 276 g/mol. The van der Waals surface area contributed by atoms with Gasteiger partial charge in [-0.05, 0) is 22.9 Å². The Hall–Kier alpha value is -0.0800. The van der Waals surface area contributed by atoms with Crippen LogP contribution in [-0.2, 0) is 0 Å². The third-order valence-electron chi connectivity index (χ3n) is 1.95. The lowest BCUT2D eigenvalue weighted by Crippen LogP contribution is -1.92. The van der Waals surface area contributed by atoms with Crippen molar-refractivity contribution in [3.05, 3.63) is 42.5 Å². The Labute approximate surface area is 108 Å². The first-order chi connectivity index (χ1) is 7.04. The van der Waals surface area contributed by atoms with Crippen LogP contribution >= 0.6 is 46.6 Å². The maximum atomic E-state index is 5.71. The highest BCUT2D eigenvalue weighted by Crippen LogP contribution is 2.44. The van der Waals surface area contributed by atoms with Gasteiger partial charge in [-0.3, -0.25) is 0 Å². The molecule has 2 aromatic rings. The highest BCUT2D eigenvalue weighted by atomic mass is 35.6. The average Bonchev–Trinajstić information content (AvgIpc) is 2.15. The molecule has 2 aromatic carbocycles. The molecule has 0 nitrogen and oxygen atoms in total. The van der Waals surface area contributed by atoms with E-state index in [1.165, 1.54) is 17.1 Å². The second-order valence-electron chi connectivity index (χ2n) is 3.06. The first-order valence-electron chi connectivity index (χ1n) is 4.29. The van der Waals surface area contributed by atoms with Crippen LogP contribution in [0.3, 0.4) is 0 Å². The van der Waals surface area contributed by atoms with Crippen LogP contribution in [0.1, 0.15) is 0 Å². The van der Waals surface area contributed by atoms with E-state index < -0.39 is 3.12 Å². The van der Waals surface area contributed by atoms with E-state index >= 15 is 0 Å². The first-order valence-corrected chi connectivity index (χ1v) is 6.24. The van der Waals surface area contributed by atoms with Gasteiger partial charge in [0.15, 0.2) is 0 Å². The fourth-order valence-electron chi connectivity index (χ4n) is 1.36. The summed E-state index contributed by atoms with van der Waals surface area (Å²) < 4.78 is -1.30. The number of benzene rings is 2. The lowest BCUT2D eigenvalue weighted by Gasteiger charge is -2.10. The van der Waals surface area contributed by atoms with Crippen molar-refractivity contribution in [2.75, 3.05) is 0 Å². The van der Waals surface area contributed by atoms with Crippen LogP contribution in [0.2, 0.25) is 0 Å². The van der Waals surface area contributed by atoms with E-state index in [9.17, 15) is 0 Å². The van der Waals surface area contributed by atoms with Gasteiger partial charge in [0.2, 0.25) is 3.12 Å². The smallest absolute Gasteiger partial charge is 0.0714 e. The molecule has 0 spiro atoms. The molecule has 0 aliphatic heterocycles. The van der Waals surface area contributed by atoms with Crippen molar-refractivity contribution in [2.45, 2.75) is 8.02 Å². The molecule has 0 unspecified atom stereocenters. The molecular formula is C11H7Cl3S. The number of thioether (sulfide) groups is 1. The third-order valence-corrected chi connectivity index (χ3v) is 3.37. The third kappa shape index (κ3) is 3.18. The molecule has 2 rings (SSSR count). The second-order valence-corrected chi connectivity index (χ2v) is 7.30. The fourth-order valence-corrected chi connectivity index (χ4v) is 2.76. The minimum Gasteiger partial charge on any atom is -0.0714 e. The van der Waals surface area contributed by atoms with Crippen LogP contribution in [0.15, 0.2) is 47.4 Å². The van der Waals surface area contributed by atoms with E-state index in [-0.39, 0.29) is 0 Å². The van der Waals surface area contributed by atoms with Crippen molar-refractivity contribution in [3.8, 4) is 0 Å². The number of hydrogen-bond donors (Lipinski definition) is 0. The largest absolute Gasteiger partial charge is 0.241 e. The summed E-state index contributed by atoms with van der Waals surface area (Å²) in [5.41, 5.74) is 0. The van der Waals surface area contributed by atoms with Gasteiger partial charge in [-0.25, -0.2) is 0 Å². The number of halogens is 3. The molecular weight excluding hydrogens is 271 g/mol. The van der Waals surface area contributed by atoms with Gasteiger partial charge in [0.25, 0.3) is 0 Å². The Balaban J connectivity index is 2.39. The molecule has 0 bridgehead atoms. The van der Waals surface area contributed by atoms with E-state index in [0.717, 1.165) is 10.3 Å². The summed E-state index contributed by atoms with van der Waals surface area (Å²) in [7, 11) is 0. The van der Waals surface area contributed by atoms with Crippen molar-refractivity contribution in [1.82, 2.24) is 0 Å². The van der Waals surface area contributed by atoms with Gasteiger partial charge in [0.1, 0.15) is 0 Å². The average molecular weight is 278 g/mol. The van der Waals surface area contributed by atoms with Crippen LogP contribution in [0.25, 0.3) is 10.8 Å². The molecule has 0 heterocycles. The van der Waals surface area contributed by atoms with Gasteiger partial charge < -0.3 is 0 Å². The van der Waals surface area contributed by atoms with Gasteiger partial charge in [-0.15, -0.1) is 0 Å². The summed E-state index contributed by atoms with van der Waals surface area (Å²) in [6, 6.07) is 14.1. The molecule has 4 heteroatoms. The molecule has 0 saturated carbocycles. The van der Waals surface area contributed by atoms with Gasteiger partial charge >= 0.3 is 0 Å². The number of fused-ring (bicyclic) bond motifs is 1. The Morgan fingerprint density at radius 2 is 1.53 bits per heavy atom. The fraction of sp³-hybridized carbons (Fsp3) is 0.0909. The van der Waals surface area contributed by atoms with Gasteiger partial charge in [0, 0.05) is 4.90 Å². The van der Waals surface area contributed by atoms with Crippen LogP contribution in [0, 0.1) is 0 Å². The number of hydrogen-bond acceptors (Lipinski definition) is 1. The molecule has 78 valence electrons. The van der Waals surface area contributed by atoms with Crippen molar-refractivity contribution in [1.29, 1.82) is 0 Å². The summed E-state index contributed by atoms with van der Waals surface area (Å²) in [5.74, 6) is 0. The SMILES string of the molecule is ClC(Cl)(Cl)Sc1ccc2ccccc2c1. The standard InChI is InChI=1S/C11H7Cl3S/c12-11(13,14)15-10-6-5-8-3-1-2-4-9(8)7-10/h1-7H. The second kappa shape index (κ2) is 4.42. The van der Waals surface area contributed by atoms with Crippen LogP contribution in [0.4, 0.5) is 0 Å². The molecule has 0 N–H and O–H groups in total. The van der Waals surface area contributed by atoms with E-state index in [1.807, 2.05) is 36.4 Å². The lowest BCUT2D eigenvalue weighted by atomic mass is 10.1. The molecule has 0 amide bonds. The zero-order valence-electron chi connectivity index (χ0n) is 7.58. The summed E-state index contributed by atoms with van der Waals surface area (Å²) in [6.07, 6.45) is 0. The Kier molecular flexibility index (Phi) is 3.36. The predicted molar refractivity (Wildman–Crippen MR) is 70.1 cm³/mol. The molecule has 0 fully saturated rings. The highest BCUT2D eigenvalue weighted by molar-refractivity contribution is 8.04. The van der Waals surface area contributed by atoms with Crippen LogP contribution in [-0.4, -0.2) is 3.12 Å². The molecule has 0 saturated heterocycles. The zero-order valence-corrected chi connectivity index (χ0v) is 10.7. The maximum Gasteiger partial charge on any atom is 0.241 e. The quantitative estimate of drug-likeness (QED) is 0.506. The van der Waals surface area contributed by atoms with Gasteiger partial charge in [-0.1, -0.05) is 76.9 Å². The molecule has 0 aromatic heterocycles. The van der Waals surface area contributed by atoms with Crippen molar-refractivity contribution in [3.63, 3.8) is 0 Å². The summed E-state index contributed by atoms with van der Waals surface area (Å²) in [5, 5.41) is 2.34. The van der Waals surface area contributed by atoms with E-state index in [2.05, 4.69) is 6.07 Å². The Bertz CT molecular complexity index is 476. The van der Waals surface area contributed by atoms with Crippen molar-refractivity contribution < 1.29 is 0 Å². The Morgan fingerprint density at radius 1 is 0.867 bits per heavy atom. The predicted octanol–water partition coefficient (Wildman–Crippen LogP) is 5.26. The van der Waals surface area contributed by atoms with E-state index in [1.54, 1.807) is 0 Å². The molecule has 15 heavy (non-hydrogen) atoms. The topological polar surface area (TPSA) is 0 Å². The molecule has 0 aliphatic carbocycles. The highest BCUT2D eigenvalue weighted by Gasteiger charge is 2.21. The summed E-state index contributed by atoms with van der Waals surface area (Å²) in [6.45, 7) is 0. The zero-order chi connectivity index (χ0) is 10.9. The van der Waals surface area contributed by atoms with Crippen LogP contribution in [0.5, 0.6) is 0 Å². The minimum absolute atomic E-state index is 0.953. The Morgan fingerprint density at radius 3 is 2.20 bits per heavy atom. The normalized spacial score (nSPS) is 11.9. The number of rotatable bonds is 1. The lowest BCUT2D eigenvalue weighted by molar-refractivity contribution is 1.49. The minimum atomic E-state index is -1.30.